The molecule has 0 radical (unpaired) electrons. The number of fused-ring (bicyclic) bond motifs is 1. The number of azo groups is 1. The number of Topliss-reactive ketones (excluding diaryl/α,β-unsaturated/α-hetero) is 1. The zero-order valence-corrected chi connectivity index (χ0v) is 12.2. The molecule has 0 amide bonds. The Morgan fingerprint density at radius 2 is 1.86 bits per heavy atom. The van der Waals surface area contributed by atoms with Gasteiger partial charge in [0.25, 0.3) is 0 Å². The molecule has 4 heteroatoms. The minimum atomic E-state index is -0.0749. The van der Waals surface area contributed by atoms with Gasteiger partial charge in [0.1, 0.15) is 5.76 Å². The van der Waals surface area contributed by atoms with E-state index in [0.717, 1.165) is 43.4 Å². The number of ketones is 1. The number of aliphatic hydroxyl groups is 1. The number of aryl methyl sites for hydroxylation is 1. The lowest BCUT2D eigenvalue weighted by Gasteiger charge is -2.23. The van der Waals surface area contributed by atoms with E-state index in [-0.39, 0.29) is 29.1 Å². The third-order valence-electron chi connectivity index (χ3n) is 4.56. The van der Waals surface area contributed by atoms with Crippen LogP contribution in [0.15, 0.2) is 46.0 Å². The molecule has 0 aromatic heterocycles. The van der Waals surface area contributed by atoms with E-state index in [1.807, 2.05) is 24.3 Å². The molecule has 1 aromatic carbocycles. The topological polar surface area (TPSA) is 62.0 Å². The lowest BCUT2D eigenvalue weighted by molar-refractivity contribution is -0.120. The van der Waals surface area contributed by atoms with E-state index >= 15 is 0 Å². The molecule has 4 nitrogen and oxygen atoms in total. The molecular formula is C17H20N2O2. The molecule has 1 N–H and O–H groups in total. The van der Waals surface area contributed by atoms with Crippen LogP contribution in [-0.2, 0) is 11.2 Å². The van der Waals surface area contributed by atoms with Gasteiger partial charge in [-0.05, 0) is 30.9 Å². The van der Waals surface area contributed by atoms with Crippen molar-refractivity contribution >= 4 is 11.5 Å². The summed E-state index contributed by atoms with van der Waals surface area (Å²) in [6.07, 6.45) is 4.73. The van der Waals surface area contributed by atoms with Gasteiger partial charge < -0.3 is 5.11 Å². The first-order valence-corrected chi connectivity index (χ1v) is 7.69. The Morgan fingerprint density at radius 1 is 1.14 bits per heavy atom. The molecule has 1 saturated carbocycles. The number of benzene rings is 1. The molecule has 2 unspecified atom stereocenters. The number of carbonyl (C=O) groups excluding carboxylic acids is 1. The van der Waals surface area contributed by atoms with Crippen molar-refractivity contribution in [2.75, 3.05) is 0 Å². The van der Waals surface area contributed by atoms with E-state index in [0.29, 0.717) is 0 Å². The Bertz CT molecular complexity index is 619. The number of allylic oxidation sites excluding steroid dienone is 2. The van der Waals surface area contributed by atoms with Crippen LogP contribution in [-0.4, -0.2) is 10.9 Å². The van der Waals surface area contributed by atoms with Crippen molar-refractivity contribution in [3.8, 4) is 0 Å². The van der Waals surface area contributed by atoms with E-state index in [9.17, 15) is 9.90 Å². The Kier molecular flexibility index (Phi) is 3.86. The molecule has 2 aliphatic carbocycles. The van der Waals surface area contributed by atoms with Crippen molar-refractivity contribution in [2.24, 2.45) is 22.1 Å². The van der Waals surface area contributed by atoms with Gasteiger partial charge in [-0.2, -0.15) is 5.11 Å². The summed E-state index contributed by atoms with van der Waals surface area (Å²) in [6, 6.07) is 7.74. The summed E-state index contributed by atoms with van der Waals surface area (Å²) in [5.74, 6) is 0.0214. The maximum absolute atomic E-state index is 12.4. The molecule has 1 fully saturated rings. The first-order chi connectivity index (χ1) is 10.2. The number of aliphatic hydroxyl groups excluding tert-OH is 1. The lowest BCUT2D eigenvalue weighted by atomic mass is 9.80. The van der Waals surface area contributed by atoms with Crippen molar-refractivity contribution in [2.45, 2.75) is 39.0 Å². The molecule has 0 spiro atoms. The predicted molar refractivity (Wildman–Crippen MR) is 80.4 cm³/mol. The summed E-state index contributed by atoms with van der Waals surface area (Å²) in [6.45, 7) is 2.06. The van der Waals surface area contributed by atoms with E-state index in [1.54, 1.807) is 0 Å². The Labute approximate surface area is 124 Å². The van der Waals surface area contributed by atoms with Crippen LogP contribution >= 0.6 is 0 Å². The summed E-state index contributed by atoms with van der Waals surface area (Å²) < 4.78 is 0. The number of carbonyl (C=O) groups is 1. The quantitative estimate of drug-likeness (QED) is 0.831. The third-order valence-corrected chi connectivity index (χ3v) is 4.56. The van der Waals surface area contributed by atoms with Gasteiger partial charge in [-0.15, -0.1) is 5.11 Å². The highest BCUT2D eigenvalue weighted by Crippen LogP contribution is 2.43. The summed E-state index contributed by atoms with van der Waals surface area (Å²) in [4.78, 5) is 12.4. The lowest BCUT2D eigenvalue weighted by Crippen LogP contribution is -2.21. The second-order valence-corrected chi connectivity index (χ2v) is 5.78. The standard InChI is InChI=1S/C17H20N2O2/c1-2-11-7-3-6-10-14(11)18-19-15-16(20)12-8-4-5-9-13(12)17(15)21/h3,6-7,10,12-13,20H,2,4-5,8-9H2,1H3. The van der Waals surface area contributed by atoms with Gasteiger partial charge in [-0.1, -0.05) is 38.0 Å². The Hall–Kier alpha value is -1.97. The van der Waals surface area contributed by atoms with Crippen LogP contribution in [0.5, 0.6) is 0 Å². The monoisotopic (exact) mass is 284 g/mol. The van der Waals surface area contributed by atoms with Gasteiger partial charge in [0.2, 0.25) is 0 Å². The summed E-state index contributed by atoms with van der Waals surface area (Å²) in [5.41, 5.74) is 2.03. The van der Waals surface area contributed by atoms with E-state index in [1.165, 1.54) is 0 Å². The third kappa shape index (κ3) is 2.50. The smallest absolute Gasteiger partial charge is 0.190 e. The fourth-order valence-corrected chi connectivity index (χ4v) is 3.36. The molecule has 2 atom stereocenters. The molecular weight excluding hydrogens is 264 g/mol. The second kappa shape index (κ2) is 5.80. The van der Waals surface area contributed by atoms with Gasteiger partial charge in [0.15, 0.2) is 11.5 Å². The molecule has 0 bridgehead atoms. The fraction of sp³-hybridized carbons (Fsp3) is 0.471. The van der Waals surface area contributed by atoms with Gasteiger partial charge in [-0.25, -0.2) is 0 Å². The Balaban J connectivity index is 1.88. The first-order valence-electron chi connectivity index (χ1n) is 7.69. The SMILES string of the molecule is CCc1ccccc1N=NC1=C(O)C2CCCCC2C1=O. The van der Waals surface area contributed by atoms with Crippen LogP contribution < -0.4 is 0 Å². The normalized spacial score (nSPS) is 25.7. The number of hydrogen-bond acceptors (Lipinski definition) is 4. The van der Waals surface area contributed by atoms with Crippen molar-refractivity contribution in [1.29, 1.82) is 0 Å². The second-order valence-electron chi connectivity index (χ2n) is 5.78. The van der Waals surface area contributed by atoms with Crippen molar-refractivity contribution in [3.05, 3.63) is 41.3 Å². The molecule has 110 valence electrons. The molecule has 1 aromatic rings. The zero-order chi connectivity index (χ0) is 14.8. The largest absolute Gasteiger partial charge is 0.510 e. The molecule has 0 saturated heterocycles. The predicted octanol–water partition coefficient (Wildman–Crippen LogP) is 4.49. The van der Waals surface area contributed by atoms with Gasteiger partial charge in [-0.3, -0.25) is 4.79 Å². The van der Waals surface area contributed by atoms with Crippen LogP contribution in [0.2, 0.25) is 0 Å². The summed E-state index contributed by atoms with van der Waals surface area (Å²) in [7, 11) is 0. The van der Waals surface area contributed by atoms with E-state index < -0.39 is 0 Å². The van der Waals surface area contributed by atoms with Crippen LogP contribution in [0, 0.1) is 11.8 Å². The number of hydrogen-bond donors (Lipinski definition) is 1. The highest BCUT2D eigenvalue weighted by Gasteiger charge is 2.43. The van der Waals surface area contributed by atoms with Crippen molar-refractivity contribution < 1.29 is 9.90 Å². The summed E-state index contributed by atoms with van der Waals surface area (Å²) >= 11 is 0. The average molecular weight is 284 g/mol. The Morgan fingerprint density at radius 3 is 2.57 bits per heavy atom. The van der Waals surface area contributed by atoms with Crippen molar-refractivity contribution in [3.63, 3.8) is 0 Å². The highest BCUT2D eigenvalue weighted by molar-refractivity contribution is 6.00. The van der Waals surface area contributed by atoms with E-state index in [4.69, 9.17) is 0 Å². The molecule has 2 aliphatic rings. The molecule has 0 heterocycles. The van der Waals surface area contributed by atoms with Crippen molar-refractivity contribution in [1.82, 2.24) is 0 Å². The first kappa shape index (κ1) is 14.0. The minimum Gasteiger partial charge on any atom is -0.510 e. The van der Waals surface area contributed by atoms with Crippen LogP contribution in [0.1, 0.15) is 38.2 Å². The molecule has 0 aliphatic heterocycles. The van der Waals surface area contributed by atoms with Crippen LogP contribution in [0.4, 0.5) is 5.69 Å². The van der Waals surface area contributed by atoms with Gasteiger partial charge in [0, 0.05) is 11.8 Å². The number of nitrogens with zero attached hydrogens (tertiary/aromatic N) is 2. The van der Waals surface area contributed by atoms with Crippen LogP contribution in [0.25, 0.3) is 0 Å². The zero-order valence-electron chi connectivity index (χ0n) is 12.2. The maximum atomic E-state index is 12.4. The average Bonchev–Trinajstić information content (AvgIpc) is 2.78. The van der Waals surface area contributed by atoms with Gasteiger partial charge in [0.05, 0.1) is 5.69 Å². The molecule has 3 rings (SSSR count). The van der Waals surface area contributed by atoms with Gasteiger partial charge >= 0.3 is 0 Å². The number of rotatable bonds is 3. The summed E-state index contributed by atoms with van der Waals surface area (Å²) in [5, 5.41) is 18.6. The highest BCUT2D eigenvalue weighted by atomic mass is 16.3. The molecule has 21 heavy (non-hydrogen) atoms. The van der Waals surface area contributed by atoms with Crippen LogP contribution in [0.3, 0.4) is 0 Å². The van der Waals surface area contributed by atoms with E-state index in [2.05, 4.69) is 17.2 Å². The maximum Gasteiger partial charge on any atom is 0.190 e. The fourth-order valence-electron chi connectivity index (χ4n) is 3.36. The minimum absolute atomic E-state index is 0.0263.